The third kappa shape index (κ3) is 4.43. The Morgan fingerprint density at radius 3 is 1.81 bits per heavy atom. The standard InChI is InChI=1S/C10H18N4.2ClH/c1-3-13-9-6-12-7-10(14-4-2)8(9)5-11;;/h6-7,13-14H,3-5,11H2,1-2H3;2*1H. The fourth-order valence-corrected chi connectivity index (χ4v) is 1.39. The zero-order valence-corrected chi connectivity index (χ0v) is 11.3. The Morgan fingerprint density at radius 2 is 1.50 bits per heavy atom. The first-order chi connectivity index (χ1) is 6.83. The number of anilines is 2. The third-order valence-electron chi connectivity index (χ3n) is 2.00. The van der Waals surface area contributed by atoms with Crippen molar-refractivity contribution in [3.05, 3.63) is 18.0 Å². The van der Waals surface area contributed by atoms with Crippen LogP contribution >= 0.6 is 24.8 Å². The molecule has 94 valence electrons. The van der Waals surface area contributed by atoms with Gasteiger partial charge in [0.25, 0.3) is 0 Å². The van der Waals surface area contributed by atoms with E-state index >= 15 is 0 Å². The summed E-state index contributed by atoms with van der Waals surface area (Å²) in [6.45, 7) is 6.39. The van der Waals surface area contributed by atoms with E-state index in [1.165, 1.54) is 0 Å². The highest BCUT2D eigenvalue weighted by Crippen LogP contribution is 2.21. The van der Waals surface area contributed by atoms with Crippen molar-refractivity contribution in [1.82, 2.24) is 4.98 Å². The van der Waals surface area contributed by atoms with Crippen molar-refractivity contribution in [3.63, 3.8) is 0 Å². The molecule has 0 fully saturated rings. The number of nitrogens with two attached hydrogens (primary N) is 1. The Hall–Kier alpha value is -0.710. The Kier molecular flexibility index (Phi) is 10.5. The van der Waals surface area contributed by atoms with Crippen LogP contribution in [0.15, 0.2) is 12.4 Å². The molecule has 0 aromatic carbocycles. The number of aromatic nitrogens is 1. The van der Waals surface area contributed by atoms with Crippen LogP contribution in [0.5, 0.6) is 0 Å². The van der Waals surface area contributed by atoms with E-state index in [1.807, 2.05) is 12.4 Å². The third-order valence-corrected chi connectivity index (χ3v) is 2.00. The largest absolute Gasteiger partial charge is 0.384 e. The van der Waals surface area contributed by atoms with Gasteiger partial charge < -0.3 is 16.4 Å². The van der Waals surface area contributed by atoms with Gasteiger partial charge >= 0.3 is 0 Å². The average Bonchev–Trinajstić information content (AvgIpc) is 2.19. The molecule has 1 heterocycles. The molecule has 0 bridgehead atoms. The maximum atomic E-state index is 5.70. The number of hydrogen-bond donors (Lipinski definition) is 3. The lowest BCUT2D eigenvalue weighted by Gasteiger charge is -2.13. The number of rotatable bonds is 5. The van der Waals surface area contributed by atoms with Crippen molar-refractivity contribution < 1.29 is 0 Å². The minimum Gasteiger partial charge on any atom is -0.384 e. The molecular formula is C10H20Cl2N4. The number of nitrogens with one attached hydrogen (secondary N) is 2. The fraction of sp³-hybridized carbons (Fsp3) is 0.500. The highest BCUT2D eigenvalue weighted by Gasteiger charge is 2.05. The Labute approximate surface area is 109 Å². The van der Waals surface area contributed by atoms with Gasteiger partial charge in [-0.25, -0.2) is 0 Å². The molecule has 0 saturated heterocycles. The molecule has 4 nitrogen and oxygen atoms in total. The molecule has 0 radical (unpaired) electrons. The summed E-state index contributed by atoms with van der Waals surface area (Å²) >= 11 is 0. The first-order valence-electron chi connectivity index (χ1n) is 4.98. The van der Waals surface area contributed by atoms with Crippen LogP contribution in [0.2, 0.25) is 0 Å². The van der Waals surface area contributed by atoms with Crippen molar-refractivity contribution in [3.8, 4) is 0 Å². The minimum absolute atomic E-state index is 0. The van der Waals surface area contributed by atoms with Crippen LogP contribution in [0.25, 0.3) is 0 Å². The van der Waals surface area contributed by atoms with E-state index in [4.69, 9.17) is 5.73 Å². The highest BCUT2D eigenvalue weighted by atomic mass is 35.5. The van der Waals surface area contributed by atoms with Gasteiger partial charge in [-0.15, -0.1) is 24.8 Å². The summed E-state index contributed by atoms with van der Waals surface area (Å²) in [5, 5.41) is 6.49. The van der Waals surface area contributed by atoms with Gasteiger partial charge in [0.05, 0.1) is 23.8 Å². The summed E-state index contributed by atoms with van der Waals surface area (Å²) in [7, 11) is 0. The molecule has 1 aromatic rings. The van der Waals surface area contributed by atoms with Crippen molar-refractivity contribution in [2.75, 3.05) is 23.7 Å². The number of nitrogens with zero attached hydrogens (tertiary/aromatic N) is 1. The molecule has 1 aromatic heterocycles. The van der Waals surface area contributed by atoms with Crippen LogP contribution in [0.3, 0.4) is 0 Å². The van der Waals surface area contributed by atoms with Crippen LogP contribution in [-0.2, 0) is 6.54 Å². The van der Waals surface area contributed by atoms with Gasteiger partial charge in [0.15, 0.2) is 0 Å². The van der Waals surface area contributed by atoms with Crippen molar-refractivity contribution >= 4 is 36.2 Å². The second-order valence-electron chi connectivity index (χ2n) is 2.98. The molecule has 0 unspecified atom stereocenters. The lowest BCUT2D eigenvalue weighted by Crippen LogP contribution is -2.10. The van der Waals surface area contributed by atoms with Gasteiger partial charge in [0.2, 0.25) is 0 Å². The maximum Gasteiger partial charge on any atom is 0.0593 e. The Balaban J connectivity index is 0. The summed E-state index contributed by atoms with van der Waals surface area (Å²) in [6.07, 6.45) is 3.62. The maximum absolute atomic E-state index is 5.70. The quantitative estimate of drug-likeness (QED) is 0.765. The van der Waals surface area contributed by atoms with Crippen LogP contribution in [0.1, 0.15) is 19.4 Å². The predicted molar refractivity (Wildman–Crippen MR) is 75.0 cm³/mol. The second kappa shape index (κ2) is 9.51. The van der Waals surface area contributed by atoms with Gasteiger partial charge in [0, 0.05) is 25.2 Å². The predicted octanol–water partition coefficient (Wildman–Crippen LogP) is 2.25. The minimum atomic E-state index is 0. The van der Waals surface area contributed by atoms with Crippen LogP contribution in [0.4, 0.5) is 11.4 Å². The number of pyridine rings is 1. The monoisotopic (exact) mass is 266 g/mol. The van der Waals surface area contributed by atoms with E-state index in [9.17, 15) is 0 Å². The van der Waals surface area contributed by atoms with Gasteiger partial charge in [-0.3, -0.25) is 4.98 Å². The molecule has 0 saturated carbocycles. The van der Waals surface area contributed by atoms with Gasteiger partial charge in [-0.05, 0) is 13.8 Å². The van der Waals surface area contributed by atoms with E-state index in [0.717, 1.165) is 30.0 Å². The van der Waals surface area contributed by atoms with E-state index < -0.39 is 0 Å². The number of hydrogen-bond acceptors (Lipinski definition) is 4. The van der Waals surface area contributed by atoms with E-state index in [-0.39, 0.29) is 24.8 Å². The van der Waals surface area contributed by atoms with Crippen LogP contribution in [0, 0.1) is 0 Å². The highest BCUT2D eigenvalue weighted by molar-refractivity contribution is 5.85. The first kappa shape index (κ1) is 17.7. The van der Waals surface area contributed by atoms with Crippen LogP contribution in [-0.4, -0.2) is 18.1 Å². The van der Waals surface area contributed by atoms with Crippen molar-refractivity contribution in [2.45, 2.75) is 20.4 Å². The molecule has 0 atom stereocenters. The Morgan fingerprint density at radius 1 is 1.06 bits per heavy atom. The number of halogens is 2. The SMILES string of the molecule is CCNc1cncc(NCC)c1CN.Cl.Cl. The normalized spacial score (nSPS) is 8.69. The molecule has 0 aliphatic rings. The zero-order chi connectivity index (χ0) is 10.4. The van der Waals surface area contributed by atoms with Crippen molar-refractivity contribution in [1.29, 1.82) is 0 Å². The second-order valence-corrected chi connectivity index (χ2v) is 2.98. The molecule has 6 heteroatoms. The zero-order valence-electron chi connectivity index (χ0n) is 9.62. The van der Waals surface area contributed by atoms with Gasteiger partial charge in [-0.2, -0.15) is 0 Å². The summed E-state index contributed by atoms with van der Waals surface area (Å²) in [4.78, 5) is 4.15. The van der Waals surface area contributed by atoms with Crippen LogP contribution < -0.4 is 16.4 Å². The van der Waals surface area contributed by atoms with Crippen molar-refractivity contribution in [2.24, 2.45) is 5.73 Å². The summed E-state index contributed by atoms with van der Waals surface area (Å²) in [5.74, 6) is 0. The Bertz CT molecular complexity index is 270. The lowest BCUT2D eigenvalue weighted by molar-refractivity contribution is 1.04. The summed E-state index contributed by atoms with van der Waals surface area (Å²) in [5.41, 5.74) is 8.85. The summed E-state index contributed by atoms with van der Waals surface area (Å²) < 4.78 is 0. The van der Waals surface area contributed by atoms with E-state index in [1.54, 1.807) is 0 Å². The van der Waals surface area contributed by atoms with E-state index in [0.29, 0.717) is 6.54 Å². The molecule has 0 amide bonds. The smallest absolute Gasteiger partial charge is 0.0593 e. The lowest BCUT2D eigenvalue weighted by atomic mass is 10.2. The molecule has 0 spiro atoms. The first-order valence-corrected chi connectivity index (χ1v) is 4.98. The van der Waals surface area contributed by atoms with Gasteiger partial charge in [0.1, 0.15) is 0 Å². The topological polar surface area (TPSA) is 63.0 Å². The molecular weight excluding hydrogens is 247 g/mol. The average molecular weight is 267 g/mol. The molecule has 0 aliphatic carbocycles. The molecule has 16 heavy (non-hydrogen) atoms. The fourth-order valence-electron chi connectivity index (χ4n) is 1.39. The van der Waals surface area contributed by atoms with Gasteiger partial charge in [-0.1, -0.05) is 0 Å². The summed E-state index contributed by atoms with van der Waals surface area (Å²) in [6, 6.07) is 0. The molecule has 4 N–H and O–H groups in total. The van der Waals surface area contributed by atoms with E-state index in [2.05, 4.69) is 29.5 Å². The molecule has 1 rings (SSSR count). The molecule has 0 aliphatic heterocycles.